The minimum atomic E-state index is -0.370. The Morgan fingerprint density at radius 1 is 1.39 bits per heavy atom. The summed E-state index contributed by atoms with van der Waals surface area (Å²) >= 11 is 0. The van der Waals surface area contributed by atoms with E-state index in [4.69, 9.17) is 9.15 Å². The quantitative estimate of drug-likeness (QED) is 0.847. The van der Waals surface area contributed by atoms with E-state index in [1.165, 1.54) is 6.07 Å². The van der Waals surface area contributed by atoms with E-state index >= 15 is 0 Å². The van der Waals surface area contributed by atoms with Gasteiger partial charge in [0.1, 0.15) is 11.6 Å². The Balaban J connectivity index is 1.80. The molecule has 23 heavy (non-hydrogen) atoms. The number of nitrogens with zero attached hydrogens (tertiary/aromatic N) is 1. The van der Waals surface area contributed by atoms with Gasteiger partial charge in [-0.3, -0.25) is 4.79 Å². The lowest BCUT2D eigenvalue weighted by atomic mass is 10.1. The lowest BCUT2D eigenvalue weighted by molar-refractivity contribution is 0.0491. The summed E-state index contributed by atoms with van der Waals surface area (Å²) in [6.07, 6.45) is 3.55. The highest BCUT2D eigenvalue weighted by atomic mass is 19.1. The summed E-state index contributed by atoms with van der Waals surface area (Å²) in [4.78, 5) is 14.5. The third-order valence-corrected chi connectivity index (χ3v) is 4.08. The van der Waals surface area contributed by atoms with Crippen molar-refractivity contribution in [2.45, 2.75) is 32.4 Å². The maximum Gasteiger partial charge on any atom is 0.254 e. The van der Waals surface area contributed by atoms with E-state index in [0.29, 0.717) is 30.0 Å². The minimum absolute atomic E-state index is 0.0317. The predicted octanol–water partition coefficient (Wildman–Crippen LogP) is 3.55. The van der Waals surface area contributed by atoms with Gasteiger partial charge in [-0.05, 0) is 49.6 Å². The van der Waals surface area contributed by atoms with Crippen LogP contribution in [0.5, 0.6) is 0 Å². The maximum absolute atomic E-state index is 13.8. The van der Waals surface area contributed by atoms with Gasteiger partial charge >= 0.3 is 0 Å². The number of rotatable bonds is 5. The molecule has 0 spiro atoms. The number of furan rings is 1. The molecule has 1 aromatic carbocycles. The van der Waals surface area contributed by atoms with Crippen molar-refractivity contribution in [1.29, 1.82) is 0 Å². The molecule has 1 atom stereocenters. The number of hydrogen-bond donors (Lipinski definition) is 0. The fourth-order valence-corrected chi connectivity index (χ4v) is 2.75. The first-order chi connectivity index (χ1) is 11.1. The zero-order chi connectivity index (χ0) is 16.2. The van der Waals surface area contributed by atoms with Gasteiger partial charge in [0, 0.05) is 18.7 Å². The Morgan fingerprint density at radius 2 is 2.26 bits per heavy atom. The molecule has 1 fully saturated rings. The van der Waals surface area contributed by atoms with Gasteiger partial charge in [0.15, 0.2) is 0 Å². The molecule has 122 valence electrons. The molecule has 0 bridgehead atoms. The zero-order valence-electron chi connectivity index (χ0n) is 13.1. The second-order valence-corrected chi connectivity index (χ2v) is 5.86. The molecule has 0 saturated carbocycles. The summed E-state index contributed by atoms with van der Waals surface area (Å²) in [5.74, 6) is 0.116. The largest absolute Gasteiger partial charge is 0.467 e. The van der Waals surface area contributed by atoms with Gasteiger partial charge in [0.05, 0.1) is 18.9 Å². The van der Waals surface area contributed by atoms with Crippen molar-refractivity contribution < 1.29 is 18.3 Å². The Labute approximate surface area is 134 Å². The molecule has 0 unspecified atom stereocenters. The Hall–Kier alpha value is -2.14. The van der Waals surface area contributed by atoms with Crippen LogP contribution in [0.15, 0.2) is 41.0 Å². The van der Waals surface area contributed by atoms with Gasteiger partial charge in [-0.1, -0.05) is 6.07 Å². The molecule has 4 nitrogen and oxygen atoms in total. The van der Waals surface area contributed by atoms with E-state index in [0.717, 1.165) is 19.4 Å². The van der Waals surface area contributed by atoms with Gasteiger partial charge in [0.25, 0.3) is 5.91 Å². The molecule has 2 aromatic rings. The molecular formula is C18H20FNO3. The summed E-state index contributed by atoms with van der Waals surface area (Å²) < 4.78 is 24.8. The first-order valence-corrected chi connectivity index (χ1v) is 7.83. The normalized spacial score (nSPS) is 17.4. The van der Waals surface area contributed by atoms with Gasteiger partial charge in [-0.15, -0.1) is 0 Å². The molecule has 0 aliphatic carbocycles. The Morgan fingerprint density at radius 3 is 2.91 bits per heavy atom. The number of aryl methyl sites for hydroxylation is 1. The molecule has 1 amide bonds. The second-order valence-electron chi connectivity index (χ2n) is 5.86. The molecule has 1 aliphatic rings. The third-order valence-electron chi connectivity index (χ3n) is 4.08. The van der Waals surface area contributed by atoms with Gasteiger partial charge in [-0.25, -0.2) is 4.39 Å². The van der Waals surface area contributed by atoms with E-state index in [1.807, 2.05) is 6.07 Å². The van der Waals surface area contributed by atoms with E-state index in [1.54, 1.807) is 36.3 Å². The Kier molecular flexibility index (Phi) is 4.76. The minimum Gasteiger partial charge on any atom is -0.467 e. The maximum atomic E-state index is 13.8. The van der Waals surface area contributed by atoms with Crippen LogP contribution >= 0.6 is 0 Å². The molecule has 2 heterocycles. The van der Waals surface area contributed by atoms with Gasteiger partial charge in [-0.2, -0.15) is 0 Å². The van der Waals surface area contributed by atoms with E-state index in [9.17, 15) is 9.18 Å². The van der Waals surface area contributed by atoms with Crippen LogP contribution in [0, 0.1) is 12.7 Å². The smallest absolute Gasteiger partial charge is 0.254 e. The predicted molar refractivity (Wildman–Crippen MR) is 83.6 cm³/mol. The molecule has 3 rings (SSSR count). The van der Waals surface area contributed by atoms with Crippen LogP contribution in [0.3, 0.4) is 0 Å². The number of carbonyl (C=O) groups is 1. The fourth-order valence-electron chi connectivity index (χ4n) is 2.75. The number of halogens is 1. The first-order valence-electron chi connectivity index (χ1n) is 7.83. The van der Waals surface area contributed by atoms with Crippen LogP contribution < -0.4 is 0 Å². The summed E-state index contributed by atoms with van der Waals surface area (Å²) in [6.45, 7) is 3.24. The average Bonchev–Trinajstić information content (AvgIpc) is 3.22. The number of amides is 1. The molecular weight excluding hydrogens is 297 g/mol. The SMILES string of the molecule is Cc1ccc(C(=O)N(Cc2ccco2)C[C@H]2CCCO2)cc1F. The van der Waals surface area contributed by atoms with Crippen molar-refractivity contribution >= 4 is 5.91 Å². The van der Waals surface area contributed by atoms with Crippen LogP contribution in [-0.2, 0) is 11.3 Å². The van der Waals surface area contributed by atoms with Crippen LogP contribution in [0.4, 0.5) is 4.39 Å². The second kappa shape index (κ2) is 6.96. The summed E-state index contributed by atoms with van der Waals surface area (Å²) in [5.41, 5.74) is 0.871. The molecule has 1 aliphatic heterocycles. The standard InChI is InChI=1S/C18H20FNO3/c1-13-6-7-14(10-17(13)19)18(21)20(11-15-4-2-8-22-15)12-16-5-3-9-23-16/h2,4,6-8,10,16H,3,5,9,11-12H2,1H3/t16-/m1/s1. The van der Waals surface area contributed by atoms with E-state index in [-0.39, 0.29) is 17.8 Å². The fraction of sp³-hybridized carbons (Fsp3) is 0.389. The van der Waals surface area contributed by atoms with Crippen LogP contribution in [0.2, 0.25) is 0 Å². The van der Waals surface area contributed by atoms with E-state index < -0.39 is 0 Å². The van der Waals surface area contributed by atoms with Gasteiger partial charge in [0.2, 0.25) is 0 Å². The lowest BCUT2D eigenvalue weighted by Crippen LogP contribution is -2.36. The summed E-state index contributed by atoms with van der Waals surface area (Å²) in [6, 6.07) is 8.19. The number of ether oxygens (including phenoxy) is 1. The highest BCUT2D eigenvalue weighted by Crippen LogP contribution is 2.18. The summed E-state index contributed by atoms with van der Waals surface area (Å²) in [7, 11) is 0. The van der Waals surface area contributed by atoms with Crippen molar-refractivity contribution in [2.75, 3.05) is 13.2 Å². The van der Waals surface area contributed by atoms with Gasteiger partial charge < -0.3 is 14.1 Å². The summed E-state index contributed by atoms with van der Waals surface area (Å²) in [5, 5.41) is 0. The Bertz CT molecular complexity index is 663. The average molecular weight is 317 g/mol. The van der Waals surface area contributed by atoms with Crippen molar-refractivity contribution in [3.63, 3.8) is 0 Å². The van der Waals surface area contributed by atoms with Crippen LogP contribution in [0.1, 0.15) is 34.5 Å². The molecule has 0 radical (unpaired) electrons. The molecule has 1 saturated heterocycles. The monoisotopic (exact) mass is 317 g/mol. The number of hydrogen-bond acceptors (Lipinski definition) is 3. The molecule has 5 heteroatoms. The zero-order valence-corrected chi connectivity index (χ0v) is 13.1. The third kappa shape index (κ3) is 3.79. The molecule has 1 aromatic heterocycles. The highest BCUT2D eigenvalue weighted by Gasteiger charge is 2.24. The first kappa shape index (κ1) is 15.7. The highest BCUT2D eigenvalue weighted by molar-refractivity contribution is 5.94. The van der Waals surface area contributed by atoms with E-state index in [2.05, 4.69) is 0 Å². The lowest BCUT2D eigenvalue weighted by Gasteiger charge is -2.25. The van der Waals surface area contributed by atoms with Crippen LogP contribution in [0.25, 0.3) is 0 Å². The number of benzene rings is 1. The van der Waals surface area contributed by atoms with Crippen molar-refractivity contribution in [1.82, 2.24) is 4.90 Å². The van der Waals surface area contributed by atoms with Crippen molar-refractivity contribution in [3.8, 4) is 0 Å². The van der Waals surface area contributed by atoms with Crippen molar-refractivity contribution in [3.05, 3.63) is 59.3 Å². The van der Waals surface area contributed by atoms with Crippen LogP contribution in [-0.4, -0.2) is 30.1 Å². The van der Waals surface area contributed by atoms with Crippen molar-refractivity contribution in [2.24, 2.45) is 0 Å². The topological polar surface area (TPSA) is 42.7 Å². The molecule has 0 N–H and O–H groups in total. The number of carbonyl (C=O) groups excluding carboxylic acids is 1.